The number of rotatable bonds is 4. The maximum atomic E-state index is 13.9. The molecule has 2 aromatic rings. The molecule has 1 atom stereocenters. The van der Waals surface area contributed by atoms with Crippen molar-refractivity contribution in [2.24, 2.45) is 5.73 Å². The summed E-state index contributed by atoms with van der Waals surface area (Å²) in [6, 6.07) is 7.87. The number of nitrogen functional groups attached to an aromatic ring is 1. The summed E-state index contributed by atoms with van der Waals surface area (Å²) in [6.45, 7) is 1.74. The topological polar surface area (TPSA) is 81.1 Å². The van der Waals surface area contributed by atoms with Crippen LogP contribution in [0.25, 0.3) is 0 Å². The molecule has 0 aromatic heterocycles. The number of hydrogen-bond donors (Lipinski definition) is 3. The van der Waals surface area contributed by atoms with Crippen molar-refractivity contribution in [3.05, 3.63) is 59.2 Å². The lowest BCUT2D eigenvalue weighted by Gasteiger charge is -2.17. The standard InChI is InChI=1S/C15H15F2N3O/c1-8(9-3-2-4-10(16)5-9)20-14-6-11(15(19)21)13(18)7-12(14)17/h2-8,20H,18H2,1H3,(H2,19,21). The summed E-state index contributed by atoms with van der Waals surface area (Å²) in [7, 11) is 0. The van der Waals surface area contributed by atoms with E-state index in [9.17, 15) is 13.6 Å². The van der Waals surface area contributed by atoms with E-state index in [0.717, 1.165) is 6.07 Å². The number of primary amides is 1. The number of carbonyl (C=O) groups is 1. The number of amides is 1. The molecule has 0 spiro atoms. The molecule has 5 N–H and O–H groups in total. The zero-order valence-electron chi connectivity index (χ0n) is 11.4. The van der Waals surface area contributed by atoms with Gasteiger partial charge in [0, 0.05) is 11.7 Å². The number of anilines is 2. The molecule has 2 rings (SSSR count). The van der Waals surface area contributed by atoms with Crippen LogP contribution in [0, 0.1) is 11.6 Å². The van der Waals surface area contributed by atoms with E-state index in [2.05, 4.69) is 5.32 Å². The van der Waals surface area contributed by atoms with Crippen molar-refractivity contribution in [3.63, 3.8) is 0 Å². The highest BCUT2D eigenvalue weighted by Crippen LogP contribution is 2.26. The molecule has 110 valence electrons. The van der Waals surface area contributed by atoms with E-state index in [0.29, 0.717) is 5.56 Å². The number of hydrogen-bond acceptors (Lipinski definition) is 3. The zero-order valence-corrected chi connectivity index (χ0v) is 11.4. The lowest BCUT2D eigenvalue weighted by Crippen LogP contribution is -2.15. The van der Waals surface area contributed by atoms with Gasteiger partial charge in [0.05, 0.1) is 11.3 Å². The van der Waals surface area contributed by atoms with Gasteiger partial charge in [0.2, 0.25) is 0 Å². The Morgan fingerprint density at radius 3 is 2.57 bits per heavy atom. The van der Waals surface area contributed by atoms with Crippen molar-refractivity contribution < 1.29 is 13.6 Å². The van der Waals surface area contributed by atoms with E-state index in [1.54, 1.807) is 19.1 Å². The quantitative estimate of drug-likeness (QED) is 0.758. The molecule has 1 amide bonds. The molecule has 0 aliphatic carbocycles. The largest absolute Gasteiger partial charge is 0.398 e. The van der Waals surface area contributed by atoms with Gasteiger partial charge in [0.25, 0.3) is 5.91 Å². The van der Waals surface area contributed by atoms with Gasteiger partial charge >= 0.3 is 0 Å². The second-order valence-electron chi connectivity index (χ2n) is 4.70. The predicted molar refractivity (Wildman–Crippen MR) is 77.8 cm³/mol. The van der Waals surface area contributed by atoms with E-state index < -0.39 is 11.7 Å². The van der Waals surface area contributed by atoms with Crippen molar-refractivity contribution >= 4 is 17.3 Å². The van der Waals surface area contributed by atoms with Crippen molar-refractivity contribution in [1.82, 2.24) is 0 Å². The van der Waals surface area contributed by atoms with Crippen LogP contribution in [0.2, 0.25) is 0 Å². The number of benzene rings is 2. The summed E-state index contributed by atoms with van der Waals surface area (Å²) < 4.78 is 27.1. The maximum absolute atomic E-state index is 13.9. The molecule has 0 fully saturated rings. The minimum absolute atomic E-state index is 0.0241. The van der Waals surface area contributed by atoms with Gasteiger partial charge in [-0.3, -0.25) is 4.79 Å². The second-order valence-corrected chi connectivity index (χ2v) is 4.70. The highest BCUT2D eigenvalue weighted by molar-refractivity contribution is 5.99. The summed E-state index contributed by atoms with van der Waals surface area (Å²) in [5.41, 5.74) is 11.4. The van der Waals surface area contributed by atoms with E-state index in [1.807, 2.05) is 0 Å². The van der Waals surface area contributed by atoms with Crippen LogP contribution in [0.3, 0.4) is 0 Å². The van der Waals surface area contributed by atoms with E-state index >= 15 is 0 Å². The van der Waals surface area contributed by atoms with Crippen LogP contribution in [0.5, 0.6) is 0 Å². The van der Waals surface area contributed by atoms with Crippen molar-refractivity contribution in [1.29, 1.82) is 0 Å². The third-order valence-corrected chi connectivity index (χ3v) is 3.13. The fourth-order valence-corrected chi connectivity index (χ4v) is 2.01. The summed E-state index contributed by atoms with van der Waals surface area (Å²) in [5, 5.41) is 2.87. The van der Waals surface area contributed by atoms with Gasteiger partial charge in [-0.15, -0.1) is 0 Å². The Hall–Kier alpha value is -2.63. The molecule has 1 unspecified atom stereocenters. The molecule has 6 heteroatoms. The minimum atomic E-state index is -0.742. The van der Waals surface area contributed by atoms with Crippen LogP contribution in [-0.2, 0) is 0 Å². The SMILES string of the molecule is CC(Nc1cc(C(N)=O)c(N)cc1F)c1cccc(F)c1. The minimum Gasteiger partial charge on any atom is -0.398 e. The average molecular weight is 291 g/mol. The van der Waals surface area contributed by atoms with Crippen LogP contribution in [0.4, 0.5) is 20.2 Å². The first-order valence-electron chi connectivity index (χ1n) is 6.29. The third kappa shape index (κ3) is 3.28. The van der Waals surface area contributed by atoms with Gasteiger partial charge < -0.3 is 16.8 Å². The van der Waals surface area contributed by atoms with Crippen LogP contribution in [0.1, 0.15) is 28.9 Å². The number of carbonyl (C=O) groups excluding carboxylic acids is 1. The normalized spacial score (nSPS) is 12.0. The van der Waals surface area contributed by atoms with Crippen molar-refractivity contribution in [2.45, 2.75) is 13.0 Å². The maximum Gasteiger partial charge on any atom is 0.250 e. The molecular formula is C15H15F2N3O. The molecule has 0 heterocycles. The number of halogens is 2. The average Bonchev–Trinajstić information content (AvgIpc) is 2.41. The smallest absolute Gasteiger partial charge is 0.250 e. The van der Waals surface area contributed by atoms with Gasteiger partial charge in [-0.2, -0.15) is 0 Å². The molecule has 0 radical (unpaired) electrons. The van der Waals surface area contributed by atoms with Gasteiger partial charge in [-0.25, -0.2) is 8.78 Å². The van der Waals surface area contributed by atoms with Crippen LogP contribution in [-0.4, -0.2) is 5.91 Å². The summed E-state index contributed by atoms with van der Waals surface area (Å²) >= 11 is 0. The highest BCUT2D eigenvalue weighted by atomic mass is 19.1. The lowest BCUT2D eigenvalue weighted by atomic mass is 10.1. The van der Waals surface area contributed by atoms with E-state index in [1.165, 1.54) is 18.2 Å². The van der Waals surface area contributed by atoms with Gasteiger partial charge in [-0.05, 0) is 36.8 Å². The van der Waals surface area contributed by atoms with Crippen LogP contribution >= 0.6 is 0 Å². The molecule has 21 heavy (non-hydrogen) atoms. The predicted octanol–water partition coefficient (Wildman–Crippen LogP) is 2.82. The Kier molecular flexibility index (Phi) is 4.07. The molecule has 0 aliphatic heterocycles. The summed E-state index contributed by atoms with van der Waals surface area (Å²) in [4.78, 5) is 11.2. The monoisotopic (exact) mass is 291 g/mol. The lowest BCUT2D eigenvalue weighted by molar-refractivity contribution is 0.100. The molecule has 2 aromatic carbocycles. The van der Waals surface area contributed by atoms with Gasteiger partial charge in [0.1, 0.15) is 11.6 Å². The molecule has 4 nitrogen and oxygen atoms in total. The van der Waals surface area contributed by atoms with Crippen molar-refractivity contribution in [2.75, 3.05) is 11.1 Å². The molecule has 0 aliphatic rings. The summed E-state index contributed by atoms with van der Waals surface area (Å²) in [6.07, 6.45) is 0. The Balaban J connectivity index is 2.31. The third-order valence-electron chi connectivity index (χ3n) is 3.13. The zero-order chi connectivity index (χ0) is 15.6. The Morgan fingerprint density at radius 1 is 1.24 bits per heavy atom. The molecular weight excluding hydrogens is 276 g/mol. The Bertz CT molecular complexity index is 689. The summed E-state index contributed by atoms with van der Waals surface area (Å²) in [5.74, 6) is -1.73. The molecule has 0 saturated heterocycles. The Morgan fingerprint density at radius 2 is 1.95 bits per heavy atom. The number of nitrogens with two attached hydrogens (primary N) is 2. The number of nitrogens with one attached hydrogen (secondary N) is 1. The van der Waals surface area contributed by atoms with Gasteiger partial charge in [0.15, 0.2) is 0 Å². The van der Waals surface area contributed by atoms with Crippen molar-refractivity contribution in [3.8, 4) is 0 Å². The van der Waals surface area contributed by atoms with Crippen LogP contribution < -0.4 is 16.8 Å². The fourth-order valence-electron chi connectivity index (χ4n) is 2.01. The Labute approximate surface area is 120 Å². The first kappa shape index (κ1) is 14.8. The first-order valence-corrected chi connectivity index (χ1v) is 6.29. The molecule has 0 bridgehead atoms. The van der Waals surface area contributed by atoms with Crippen LogP contribution in [0.15, 0.2) is 36.4 Å². The fraction of sp³-hybridized carbons (Fsp3) is 0.133. The van der Waals surface area contributed by atoms with E-state index in [4.69, 9.17) is 11.5 Å². The highest BCUT2D eigenvalue weighted by Gasteiger charge is 2.14. The second kappa shape index (κ2) is 5.78. The molecule has 0 saturated carbocycles. The van der Waals surface area contributed by atoms with Gasteiger partial charge in [-0.1, -0.05) is 12.1 Å². The first-order chi connectivity index (χ1) is 9.88. The van der Waals surface area contributed by atoms with E-state index in [-0.39, 0.29) is 28.8 Å².